The molecule has 0 bridgehead atoms. The Morgan fingerprint density at radius 2 is 2.00 bits per heavy atom. The van der Waals surface area contributed by atoms with Gasteiger partial charge in [0, 0.05) is 11.3 Å². The van der Waals surface area contributed by atoms with Crippen LogP contribution in [0.5, 0.6) is 0 Å². The predicted molar refractivity (Wildman–Crippen MR) is 97.4 cm³/mol. The van der Waals surface area contributed by atoms with Gasteiger partial charge >= 0.3 is 0 Å². The zero-order valence-electron chi connectivity index (χ0n) is 14.2. The first-order chi connectivity index (χ1) is 12.1. The van der Waals surface area contributed by atoms with Crippen molar-refractivity contribution in [3.63, 3.8) is 0 Å². The number of rotatable bonds is 4. The van der Waals surface area contributed by atoms with Gasteiger partial charge in [0.2, 0.25) is 5.89 Å². The number of nitrogens with zero attached hydrogens (tertiary/aromatic N) is 4. The van der Waals surface area contributed by atoms with Crippen molar-refractivity contribution in [3.05, 3.63) is 53.4 Å². The minimum atomic E-state index is 0.670. The Labute approximate surface area is 149 Å². The van der Waals surface area contributed by atoms with Crippen molar-refractivity contribution in [1.29, 1.82) is 0 Å². The molecule has 0 saturated carbocycles. The first-order valence-corrected chi connectivity index (χ1v) is 8.91. The Kier molecular flexibility index (Phi) is 4.01. The average Bonchev–Trinajstić information content (AvgIpc) is 3.22. The highest BCUT2D eigenvalue weighted by atomic mass is 32.2. The van der Waals surface area contributed by atoms with E-state index in [4.69, 9.17) is 9.40 Å². The van der Waals surface area contributed by atoms with Crippen molar-refractivity contribution >= 4 is 22.9 Å². The van der Waals surface area contributed by atoms with E-state index < -0.39 is 0 Å². The number of nitrogens with one attached hydrogen (secondary N) is 1. The first-order valence-electron chi connectivity index (χ1n) is 7.92. The van der Waals surface area contributed by atoms with Gasteiger partial charge in [0.1, 0.15) is 22.6 Å². The zero-order chi connectivity index (χ0) is 17.4. The van der Waals surface area contributed by atoms with Crippen LogP contribution in [-0.4, -0.2) is 24.9 Å². The lowest BCUT2D eigenvalue weighted by molar-refractivity contribution is 0.540. The topological polar surface area (TPSA) is 80.5 Å². The quantitative estimate of drug-likeness (QED) is 0.438. The van der Waals surface area contributed by atoms with Crippen LogP contribution < -0.4 is 0 Å². The zero-order valence-corrected chi connectivity index (χ0v) is 15.0. The van der Waals surface area contributed by atoms with Crippen molar-refractivity contribution in [1.82, 2.24) is 24.9 Å². The summed E-state index contributed by atoms with van der Waals surface area (Å²) < 4.78 is 5.92. The molecule has 0 unspecified atom stereocenters. The highest BCUT2D eigenvalue weighted by Gasteiger charge is 2.15. The van der Waals surface area contributed by atoms with E-state index in [0.29, 0.717) is 17.3 Å². The molecule has 0 aliphatic heterocycles. The molecule has 0 radical (unpaired) electrons. The Balaban J connectivity index is 1.61. The van der Waals surface area contributed by atoms with Crippen LogP contribution >= 0.6 is 11.8 Å². The lowest BCUT2D eigenvalue weighted by atomic mass is 10.1. The van der Waals surface area contributed by atoms with Gasteiger partial charge in [0.05, 0.1) is 12.0 Å². The number of fused-ring (bicyclic) bond motifs is 1. The molecule has 6 nitrogen and oxygen atoms in total. The molecule has 0 atom stereocenters. The van der Waals surface area contributed by atoms with Crippen molar-refractivity contribution < 1.29 is 4.42 Å². The fraction of sp³-hybridized carbons (Fsp3) is 0.222. The molecule has 126 valence electrons. The fourth-order valence-electron chi connectivity index (χ4n) is 2.63. The third kappa shape index (κ3) is 3.02. The van der Waals surface area contributed by atoms with Crippen LogP contribution in [0.3, 0.4) is 0 Å². The van der Waals surface area contributed by atoms with Gasteiger partial charge in [-0.15, -0.1) is 0 Å². The second kappa shape index (κ2) is 6.33. The van der Waals surface area contributed by atoms with Crippen LogP contribution in [0, 0.1) is 20.8 Å². The molecular weight excluding hydrogens is 334 g/mol. The molecule has 25 heavy (non-hydrogen) atoms. The van der Waals surface area contributed by atoms with E-state index in [9.17, 15) is 0 Å². The number of hydrogen-bond acceptors (Lipinski definition) is 6. The predicted octanol–water partition coefficient (Wildman–Crippen LogP) is 4.23. The summed E-state index contributed by atoms with van der Waals surface area (Å²) in [6.07, 6.45) is 3.16. The third-order valence-corrected chi connectivity index (χ3v) is 5.05. The maximum absolute atomic E-state index is 5.92. The maximum atomic E-state index is 5.92. The second-order valence-corrected chi connectivity index (χ2v) is 6.87. The number of hydrogen-bond donors (Lipinski definition) is 1. The number of aromatic nitrogens is 5. The Morgan fingerprint density at radius 1 is 1.12 bits per heavy atom. The molecule has 4 rings (SSSR count). The molecule has 0 spiro atoms. The van der Waals surface area contributed by atoms with Crippen LogP contribution in [-0.2, 0) is 5.75 Å². The van der Waals surface area contributed by atoms with Gasteiger partial charge in [-0.1, -0.05) is 29.5 Å². The van der Waals surface area contributed by atoms with Crippen LogP contribution in [0.4, 0.5) is 0 Å². The molecule has 0 fully saturated rings. The normalized spacial score (nSPS) is 11.3. The third-order valence-electron chi connectivity index (χ3n) is 4.05. The van der Waals surface area contributed by atoms with Crippen LogP contribution in [0.15, 0.2) is 40.3 Å². The minimum absolute atomic E-state index is 0.670. The number of oxazole rings is 1. The molecule has 0 aliphatic carbocycles. The molecule has 4 aromatic rings. The summed E-state index contributed by atoms with van der Waals surface area (Å²) in [7, 11) is 0. The number of H-pyrrole nitrogens is 1. The monoisotopic (exact) mass is 351 g/mol. The van der Waals surface area contributed by atoms with Gasteiger partial charge < -0.3 is 9.40 Å². The SMILES string of the molecule is Cc1ccc(C)c(-c2nc(CSc3ncnc4nc[nH]c34)c(C)o2)c1. The van der Waals surface area contributed by atoms with Crippen LogP contribution in [0.2, 0.25) is 0 Å². The fourth-order valence-corrected chi connectivity index (χ4v) is 3.59. The van der Waals surface area contributed by atoms with E-state index in [1.165, 1.54) is 11.9 Å². The van der Waals surface area contributed by atoms with Gasteiger partial charge in [-0.05, 0) is 32.4 Å². The van der Waals surface area contributed by atoms with Crippen molar-refractivity contribution in [3.8, 4) is 11.5 Å². The van der Waals surface area contributed by atoms with Gasteiger partial charge in [0.15, 0.2) is 5.65 Å². The molecule has 0 aliphatic rings. The molecule has 3 heterocycles. The van der Waals surface area contributed by atoms with Crippen molar-refractivity contribution in [2.75, 3.05) is 0 Å². The summed E-state index contributed by atoms with van der Waals surface area (Å²) in [6, 6.07) is 6.29. The van der Waals surface area contributed by atoms with E-state index in [1.807, 2.05) is 6.92 Å². The summed E-state index contributed by atoms with van der Waals surface area (Å²) in [6.45, 7) is 6.09. The van der Waals surface area contributed by atoms with Gasteiger partial charge in [-0.2, -0.15) is 0 Å². The van der Waals surface area contributed by atoms with Gasteiger partial charge in [-0.3, -0.25) is 0 Å². The number of thioether (sulfide) groups is 1. The van der Waals surface area contributed by atoms with E-state index >= 15 is 0 Å². The highest BCUT2D eigenvalue weighted by molar-refractivity contribution is 7.98. The maximum Gasteiger partial charge on any atom is 0.226 e. The summed E-state index contributed by atoms with van der Waals surface area (Å²) in [5, 5.41) is 0.859. The number of aromatic amines is 1. The Hall–Kier alpha value is -2.67. The van der Waals surface area contributed by atoms with E-state index in [1.54, 1.807) is 18.1 Å². The van der Waals surface area contributed by atoms with Crippen LogP contribution in [0.1, 0.15) is 22.6 Å². The number of aryl methyl sites for hydroxylation is 3. The average molecular weight is 351 g/mol. The molecule has 0 saturated heterocycles. The number of imidazole rings is 1. The lowest BCUT2D eigenvalue weighted by Gasteiger charge is -2.02. The summed E-state index contributed by atoms with van der Waals surface area (Å²) in [4.78, 5) is 20.4. The Morgan fingerprint density at radius 3 is 2.88 bits per heavy atom. The van der Waals surface area contributed by atoms with Gasteiger partial charge in [-0.25, -0.2) is 19.9 Å². The van der Waals surface area contributed by atoms with Gasteiger partial charge in [0.25, 0.3) is 0 Å². The van der Waals surface area contributed by atoms with Crippen LogP contribution in [0.25, 0.3) is 22.6 Å². The lowest BCUT2D eigenvalue weighted by Crippen LogP contribution is -1.90. The Bertz CT molecular complexity index is 1050. The minimum Gasteiger partial charge on any atom is -0.441 e. The summed E-state index contributed by atoms with van der Waals surface area (Å²) in [5.74, 6) is 2.17. The summed E-state index contributed by atoms with van der Waals surface area (Å²) in [5.41, 5.74) is 5.83. The number of benzene rings is 1. The molecule has 1 aromatic carbocycles. The largest absolute Gasteiger partial charge is 0.441 e. The highest BCUT2D eigenvalue weighted by Crippen LogP contribution is 2.30. The molecule has 7 heteroatoms. The second-order valence-electron chi connectivity index (χ2n) is 5.91. The molecular formula is C18H17N5OS. The molecule has 3 aromatic heterocycles. The first kappa shape index (κ1) is 15.8. The van der Waals surface area contributed by atoms with E-state index in [0.717, 1.165) is 33.1 Å². The molecule has 1 N–H and O–H groups in total. The van der Waals surface area contributed by atoms with Crippen molar-refractivity contribution in [2.24, 2.45) is 0 Å². The summed E-state index contributed by atoms with van der Waals surface area (Å²) >= 11 is 1.59. The molecule has 0 amide bonds. The van der Waals surface area contributed by atoms with Crippen molar-refractivity contribution in [2.45, 2.75) is 31.6 Å². The standard InChI is InChI=1S/C18H17N5OS/c1-10-4-5-11(2)13(6-10)17-23-14(12(3)24-17)7-25-18-15-16(20-8-19-15)21-9-22-18/h4-6,8-9H,7H2,1-3H3,(H,19,20,21,22). The van der Waals surface area contributed by atoms with E-state index in [-0.39, 0.29) is 0 Å². The van der Waals surface area contributed by atoms with E-state index in [2.05, 4.69) is 52.0 Å². The smallest absolute Gasteiger partial charge is 0.226 e.